The minimum Gasteiger partial charge on any atom is -0.383 e. The summed E-state index contributed by atoms with van der Waals surface area (Å²) in [5.74, 6) is 0. The largest absolute Gasteiger partial charge is 0.383 e. The zero-order valence-corrected chi connectivity index (χ0v) is 5.81. The number of hydrogen-bond donors (Lipinski definition) is 0. The molecule has 8 heavy (non-hydrogen) atoms. The van der Waals surface area contributed by atoms with Crippen molar-refractivity contribution in [2.24, 2.45) is 0 Å². The highest BCUT2D eigenvalue weighted by Gasteiger charge is 1.74. The summed E-state index contributed by atoms with van der Waals surface area (Å²) in [7, 11) is 3.97. The molecule has 0 atom stereocenters. The third-order valence-corrected chi connectivity index (χ3v) is 0.657. The van der Waals surface area contributed by atoms with E-state index in [2.05, 4.69) is 6.58 Å². The van der Waals surface area contributed by atoms with E-state index in [1.807, 2.05) is 38.2 Å². The molecule has 0 N–H and O–H groups in total. The molecule has 0 bridgehead atoms. The molecule has 1 nitrogen and oxygen atoms in total. The van der Waals surface area contributed by atoms with Crippen molar-refractivity contribution in [1.29, 1.82) is 0 Å². The van der Waals surface area contributed by atoms with Crippen molar-refractivity contribution in [1.82, 2.24) is 4.90 Å². The van der Waals surface area contributed by atoms with Gasteiger partial charge in [-0.05, 0) is 19.2 Å². The van der Waals surface area contributed by atoms with E-state index in [1.165, 1.54) is 0 Å². The second-order valence-corrected chi connectivity index (χ2v) is 2.13. The maximum Gasteiger partial charge on any atom is 0.00556 e. The Kier molecular flexibility index (Phi) is 3.01. The molecule has 0 fully saturated rings. The maximum atomic E-state index is 3.71. The molecule has 0 saturated heterocycles. The van der Waals surface area contributed by atoms with Crippen molar-refractivity contribution < 1.29 is 0 Å². The summed E-state index contributed by atoms with van der Waals surface area (Å²) in [5.41, 5.74) is 1.08. The van der Waals surface area contributed by atoms with Crippen LogP contribution in [-0.2, 0) is 0 Å². The van der Waals surface area contributed by atoms with Gasteiger partial charge < -0.3 is 4.90 Å². The predicted octanol–water partition coefficient (Wildman–Crippen LogP) is 1.64. The van der Waals surface area contributed by atoms with E-state index in [9.17, 15) is 0 Å². The molecule has 0 aliphatic carbocycles. The Balaban J connectivity index is 3.50. The van der Waals surface area contributed by atoms with Crippen LogP contribution in [0.3, 0.4) is 0 Å². The number of allylic oxidation sites excluding steroid dienone is 2. The van der Waals surface area contributed by atoms with Gasteiger partial charge in [0.05, 0.1) is 0 Å². The molecular formula is C7H13N. The number of rotatable bonds is 2. The summed E-state index contributed by atoms with van der Waals surface area (Å²) in [4.78, 5) is 1.98. The lowest BCUT2D eigenvalue weighted by Crippen LogP contribution is -1.99. The summed E-state index contributed by atoms with van der Waals surface area (Å²) in [6.07, 6.45) is 3.95. The topological polar surface area (TPSA) is 3.24 Å². The van der Waals surface area contributed by atoms with Crippen LogP contribution in [0.2, 0.25) is 0 Å². The highest BCUT2D eigenvalue weighted by Crippen LogP contribution is 1.88. The molecule has 0 heterocycles. The van der Waals surface area contributed by atoms with Crippen LogP contribution in [0.15, 0.2) is 24.4 Å². The molecule has 0 radical (unpaired) electrons. The van der Waals surface area contributed by atoms with Crippen molar-refractivity contribution in [3.8, 4) is 0 Å². The first-order valence-electron chi connectivity index (χ1n) is 2.63. The molecular weight excluding hydrogens is 98.1 g/mol. The second kappa shape index (κ2) is 3.30. The highest BCUT2D eigenvalue weighted by atomic mass is 15.0. The van der Waals surface area contributed by atoms with E-state index < -0.39 is 0 Å². The molecule has 0 aromatic carbocycles. The smallest absolute Gasteiger partial charge is 0.00556 e. The van der Waals surface area contributed by atoms with Crippen molar-refractivity contribution in [2.75, 3.05) is 14.1 Å². The van der Waals surface area contributed by atoms with Crippen LogP contribution in [0.1, 0.15) is 6.92 Å². The van der Waals surface area contributed by atoms with Gasteiger partial charge >= 0.3 is 0 Å². The molecule has 0 aromatic heterocycles. The average Bonchev–Trinajstić information content (AvgIpc) is 1.61. The third kappa shape index (κ3) is 5.28. The third-order valence-electron chi connectivity index (χ3n) is 0.657. The summed E-state index contributed by atoms with van der Waals surface area (Å²) < 4.78 is 0. The summed E-state index contributed by atoms with van der Waals surface area (Å²) in [6.45, 7) is 5.69. The monoisotopic (exact) mass is 111 g/mol. The van der Waals surface area contributed by atoms with Crippen molar-refractivity contribution >= 4 is 0 Å². The predicted molar refractivity (Wildman–Crippen MR) is 37.6 cm³/mol. The standard InChI is InChI=1S/C7H13N/c1-7(2)5-6-8(3)4/h5-6H,1H2,2-4H3. The van der Waals surface area contributed by atoms with Crippen LogP contribution >= 0.6 is 0 Å². The minimum atomic E-state index is 1.08. The fraction of sp³-hybridized carbons (Fsp3) is 0.429. The Hall–Kier alpha value is -0.720. The lowest BCUT2D eigenvalue weighted by molar-refractivity contribution is 0.563. The SMILES string of the molecule is C=C(C)C=CN(C)C. The van der Waals surface area contributed by atoms with Gasteiger partial charge in [0, 0.05) is 14.1 Å². The van der Waals surface area contributed by atoms with Crippen molar-refractivity contribution in [2.45, 2.75) is 6.92 Å². The molecule has 0 rings (SSSR count). The Morgan fingerprint density at radius 2 is 2.00 bits per heavy atom. The van der Waals surface area contributed by atoms with Crippen molar-refractivity contribution in [3.63, 3.8) is 0 Å². The van der Waals surface area contributed by atoms with Gasteiger partial charge in [0.25, 0.3) is 0 Å². The highest BCUT2D eigenvalue weighted by molar-refractivity contribution is 5.09. The first-order chi connectivity index (χ1) is 3.63. The Labute approximate surface area is 51.3 Å². The van der Waals surface area contributed by atoms with E-state index in [0.29, 0.717) is 0 Å². The van der Waals surface area contributed by atoms with E-state index in [0.717, 1.165) is 5.57 Å². The average molecular weight is 111 g/mol. The van der Waals surface area contributed by atoms with Gasteiger partial charge in [-0.15, -0.1) is 0 Å². The molecule has 0 aliphatic heterocycles. The van der Waals surface area contributed by atoms with Gasteiger partial charge in [0.15, 0.2) is 0 Å². The molecule has 0 aromatic rings. The van der Waals surface area contributed by atoms with Gasteiger partial charge in [-0.1, -0.05) is 12.2 Å². The number of nitrogens with zero attached hydrogens (tertiary/aromatic N) is 1. The van der Waals surface area contributed by atoms with Gasteiger partial charge in [-0.25, -0.2) is 0 Å². The summed E-state index contributed by atoms with van der Waals surface area (Å²) in [6, 6.07) is 0. The van der Waals surface area contributed by atoms with E-state index in [1.54, 1.807) is 0 Å². The first-order valence-corrected chi connectivity index (χ1v) is 2.63. The molecule has 0 spiro atoms. The van der Waals surface area contributed by atoms with E-state index >= 15 is 0 Å². The van der Waals surface area contributed by atoms with Crippen LogP contribution in [0.25, 0.3) is 0 Å². The van der Waals surface area contributed by atoms with Gasteiger partial charge in [0.2, 0.25) is 0 Å². The van der Waals surface area contributed by atoms with Crippen molar-refractivity contribution in [3.05, 3.63) is 24.4 Å². The molecule has 0 saturated carbocycles. The lowest BCUT2D eigenvalue weighted by atomic mass is 10.3. The van der Waals surface area contributed by atoms with Gasteiger partial charge in [-0.2, -0.15) is 0 Å². The molecule has 0 amide bonds. The quantitative estimate of drug-likeness (QED) is 0.490. The van der Waals surface area contributed by atoms with Crippen LogP contribution in [0.4, 0.5) is 0 Å². The van der Waals surface area contributed by atoms with Gasteiger partial charge in [-0.3, -0.25) is 0 Å². The Bertz CT molecular complexity index is 101. The zero-order chi connectivity index (χ0) is 6.57. The molecule has 0 unspecified atom stereocenters. The van der Waals surface area contributed by atoms with Gasteiger partial charge in [0.1, 0.15) is 0 Å². The maximum absolute atomic E-state index is 3.71. The fourth-order valence-electron chi connectivity index (χ4n) is 0.276. The number of hydrogen-bond acceptors (Lipinski definition) is 1. The summed E-state index contributed by atoms with van der Waals surface area (Å²) in [5, 5.41) is 0. The summed E-state index contributed by atoms with van der Waals surface area (Å²) >= 11 is 0. The van der Waals surface area contributed by atoms with Crippen LogP contribution in [0, 0.1) is 0 Å². The fourth-order valence-corrected chi connectivity index (χ4v) is 0.276. The second-order valence-electron chi connectivity index (χ2n) is 2.13. The van der Waals surface area contributed by atoms with E-state index in [4.69, 9.17) is 0 Å². The minimum absolute atomic E-state index is 1.08. The molecule has 0 aliphatic rings. The Morgan fingerprint density at radius 3 is 2.12 bits per heavy atom. The Morgan fingerprint density at radius 1 is 1.50 bits per heavy atom. The zero-order valence-electron chi connectivity index (χ0n) is 5.81. The lowest BCUT2D eigenvalue weighted by Gasteiger charge is -2.01. The first kappa shape index (κ1) is 7.28. The normalized spacial score (nSPS) is 9.88. The molecule has 46 valence electrons. The van der Waals surface area contributed by atoms with Crippen LogP contribution in [0.5, 0.6) is 0 Å². The molecule has 1 heteroatoms. The van der Waals surface area contributed by atoms with Crippen LogP contribution < -0.4 is 0 Å². The van der Waals surface area contributed by atoms with E-state index in [-0.39, 0.29) is 0 Å². The van der Waals surface area contributed by atoms with Crippen LogP contribution in [-0.4, -0.2) is 19.0 Å².